The summed E-state index contributed by atoms with van der Waals surface area (Å²) in [6.07, 6.45) is -4.36. The number of hydrogen-bond donors (Lipinski definition) is 4. The molecule has 0 spiro atoms. The molecule has 2 heterocycles. The third kappa shape index (κ3) is 1.92. The minimum absolute atomic E-state index is 0.217. The first-order chi connectivity index (χ1) is 12.4. The van der Waals surface area contributed by atoms with Crippen LogP contribution in [-0.2, 0) is 19.1 Å². The molecule has 2 aliphatic heterocycles. The standard InChI is InChI=1S/C19H26O8/c1-7-5-10(20)27-15(7)17(3)6-9-18(4)13(17)12(22)11(21)8(2)19(18,25)14(23)16(24)26-9/h5,8-9,11-15,21-23,25H,6H2,1-4H3/t8-,9+,11+,12-,13+,14-,15+,17-,18+,19-/m0/s1. The summed E-state index contributed by atoms with van der Waals surface area (Å²) >= 11 is 0. The second-order valence-electron chi connectivity index (χ2n) is 9.10. The molecule has 27 heavy (non-hydrogen) atoms. The minimum atomic E-state index is -1.99. The van der Waals surface area contributed by atoms with E-state index in [1.807, 2.05) is 0 Å². The molecule has 8 nitrogen and oxygen atoms in total. The van der Waals surface area contributed by atoms with E-state index in [1.165, 1.54) is 13.0 Å². The van der Waals surface area contributed by atoms with E-state index in [2.05, 4.69) is 0 Å². The van der Waals surface area contributed by atoms with Crippen LogP contribution in [0.15, 0.2) is 11.6 Å². The highest BCUT2D eigenvalue weighted by Gasteiger charge is 2.80. The zero-order chi connectivity index (χ0) is 20.1. The first-order valence-corrected chi connectivity index (χ1v) is 9.26. The SMILES string of the molecule is CC1=CC(=O)O[C@H]1[C@@]1(C)C[C@H]2OC(=O)[C@H](O)[C@@]3(O)[C@@H](C)[C@@H](O)[C@H](O)[C@H]1[C@@]23C. The van der Waals surface area contributed by atoms with E-state index in [4.69, 9.17) is 9.47 Å². The van der Waals surface area contributed by atoms with Gasteiger partial charge in [-0.05, 0) is 18.9 Å². The number of esters is 2. The summed E-state index contributed by atoms with van der Waals surface area (Å²) in [4.78, 5) is 24.1. The smallest absolute Gasteiger partial charge is 0.338 e. The minimum Gasteiger partial charge on any atom is -0.460 e. The van der Waals surface area contributed by atoms with Crippen molar-refractivity contribution < 1.29 is 39.5 Å². The van der Waals surface area contributed by atoms with Gasteiger partial charge in [0.05, 0.1) is 12.2 Å². The molecule has 0 amide bonds. The molecule has 0 aromatic carbocycles. The quantitative estimate of drug-likeness (QED) is 0.437. The molecule has 4 N–H and O–H groups in total. The lowest BCUT2D eigenvalue weighted by molar-refractivity contribution is -0.313. The molecule has 0 aromatic rings. The Hall–Kier alpha value is -1.48. The lowest BCUT2D eigenvalue weighted by atomic mass is 9.48. The Balaban J connectivity index is 1.91. The summed E-state index contributed by atoms with van der Waals surface area (Å²) in [5.41, 5.74) is -3.47. The van der Waals surface area contributed by atoms with E-state index >= 15 is 0 Å². The molecule has 2 saturated carbocycles. The summed E-state index contributed by atoms with van der Waals surface area (Å²) in [7, 11) is 0. The van der Waals surface area contributed by atoms with Gasteiger partial charge in [-0.25, -0.2) is 9.59 Å². The van der Waals surface area contributed by atoms with Crippen molar-refractivity contribution in [3.8, 4) is 0 Å². The van der Waals surface area contributed by atoms with Crippen molar-refractivity contribution in [2.45, 2.75) is 70.2 Å². The van der Waals surface area contributed by atoms with Crippen LogP contribution in [0.2, 0.25) is 0 Å². The summed E-state index contributed by atoms with van der Waals surface area (Å²) in [5, 5.41) is 43.8. The monoisotopic (exact) mass is 382 g/mol. The fourth-order valence-electron chi connectivity index (χ4n) is 6.64. The fourth-order valence-corrected chi connectivity index (χ4v) is 6.64. The Labute approximate surface area is 156 Å². The zero-order valence-corrected chi connectivity index (χ0v) is 15.7. The molecule has 0 bridgehead atoms. The van der Waals surface area contributed by atoms with Crippen molar-refractivity contribution in [3.05, 3.63) is 11.6 Å². The van der Waals surface area contributed by atoms with E-state index in [0.717, 1.165) is 0 Å². The van der Waals surface area contributed by atoms with Gasteiger partial charge < -0.3 is 29.9 Å². The zero-order valence-electron chi connectivity index (χ0n) is 15.7. The molecule has 2 aliphatic carbocycles. The number of aliphatic hydroxyl groups is 4. The van der Waals surface area contributed by atoms with Crippen molar-refractivity contribution in [2.75, 3.05) is 0 Å². The number of rotatable bonds is 1. The van der Waals surface area contributed by atoms with Gasteiger partial charge in [-0.15, -0.1) is 0 Å². The van der Waals surface area contributed by atoms with Gasteiger partial charge in [0, 0.05) is 28.7 Å². The summed E-state index contributed by atoms with van der Waals surface area (Å²) in [6.45, 7) is 6.72. The molecular weight excluding hydrogens is 356 g/mol. The van der Waals surface area contributed by atoms with Crippen molar-refractivity contribution >= 4 is 11.9 Å². The average molecular weight is 382 g/mol. The van der Waals surface area contributed by atoms with E-state index in [9.17, 15) is 30.0 Å². The van der Waals surface area contributed by atoms with Crippen molar-refractivity contribution in [1.29, 1.82) is 0 Å². The van der Waals surface area contributed by atoms with Crippen molar-refractivity contribution in [3.63, 3.8) is 0 Å². The van der Waals surface area contributed by atoms with E-state index in [0.29, 0.717) is 5.57 Å². The highest BCUT2D eigenvalue weighted by Crippen LogP contribution is 2.69. The van der Waals surface area contributed by atoms with Gasteiger partial charge in [0.2, 0.25) is 0 Å². The second-order valence-corrected chi connectivity index (χ2v) is 9.10. The van der Waals surface area contributed by atoms with Gasteiger partial charge in [0.1, 0.15) is 17.8 Å². The molecule has 150 valence electrons. The van der Waals surface area contributed by atoms with Gasteiger partial charge in [-0.3, -0.25) is 0 Å². The van der Waals surface area contributed by atoms with Crippen LogP contribution in [0.5, 0.6) is 0 Å². The highest BCUT2D eigenvalue weighted by molar-refractivity contribution is 5.86. The normalized spacial score (nSPS) is 57.0. The van der Waals surface area contributed by atoms with Gasteiger partial charge in [0.25, 0.3) is 0 Å². The second kappa shape index (κ2) is 5.31. The Morgan fingerprint density at radius 2 is 1.74 bits per heavy atom. The van der Waals surface area contributed by atoms with Crippen molar-refractivity contribution in [2.24, 2.45) is 22.7 Å². The molecule has 0 aromatic heterocycles. The predicted octanol–water partition coefficient (Wildman–Crippen LogP) is -0.721. The maximum Gasteiger partial charge on any atom is 0.338 e. The molecule has 8 heteroatoms. The van der Waals surface area contributed by atoms with Crippen LogP contribution < -0.4 is 0 Å². The Morgan fingerprint density at radius 1 is 1.11 bits per heavy atom. The van der Waals surface area contributed by atoms with Gasteiger partial charge in [-0.1, -0.05) is 20.8 Å². The lowest BCUT2D eigenvalue weighted by Crippen LogP contribution is -2.77. The first kappa shape index (κ1) is 18.9. The van der Waals surface area contributed by atoms with E-state index in [1.54, 1.807) is 20.8 Å². The van der Waals surface area contributed by atoms with Gasteiger partial charge in [-0.2, -0.15) is 0 Å². The lowest BCUT2D eigenvalue weighted by Gasteiger charge is -2.62. The van der Waals surface area contributed by atoms with Crippen LogP contribution in [0.3, 0.4) is 0 Å². The maximum absolute atomic E-state index is 12.3. The Morgan fingerprint density at radius 3 is 2.30 bits per heavy atom. The number of cyclic esters (lactones) is 1. The number of aliphatic hydroxyl groups excluding tert-OH is 3. The molecule has 0 unspecified atom stereocenters. The van der Waals surface area contributed by atoms with E-state index in [-0.39, 0.29) is 6.42 Å². The van der Waals surface area contributed by atoms with Crippen LogP contribution in [0.1, 0.15) is 34.1 Å². The van der Waals surface area contributed by atoms with Gasteiger partial charge in [0.15, 0.2) is 6.10 Å². The fraction of sp³-hybridized carbons (Fsp3) is 0.789. The molecule has 4 rings (SSSR count). The number of carbonyl (C=O) groups is 2. The molecule has 4 aliphatic rings. The van der Waals surface area contributed by atoms with Crippen LogP contribution in [0.4, 0.5) is 0 Å². The van der Waals surface area contributed by atoms with Crippen LogP contribution in [0.25, 0.3) is 0 Å². The first-order valence-electron chi connectivity index (χ1n) is 9.26. The summed E-state index contributed by atoms with van der Waals surface area (Å²) < 4.78 is 11.0. The van der Waals surface area contributed by atoms with Crippen LogP contribution in [-0.4, -0.2) is 68.5 Å². The summed E-state index contributed by atoms with van der Waals surface area (Å²) in [6, 6.07) is 0. The van der Waals surface area contributed by atoms with Crippen molar-refractivity contribution in [1.82, 2.24) is 0 Å². The van der Waals surface area contributed by atoms with Crippen LogP contribution in [0, 0.1) is 22.7 Å². The molecule has 10 atom stereocenters. The van der Waals surface area contributed by atoms with Crippen LogP contribution >= 0.6 is 0 Å². The summed E-state index contributed by atoms with van der Waals surface area (Å²) in [5.74, 6) is -3.20. The largest absolute Gasteiger partial charge is 0.460 e. The van der Waals surface area contributed by atoms with E-state index < -0.39 is 70.7 Å². The molecule has 3 fully saturated rings. The van der Waals surface area contributed by atoms with Gasteiger partial charge >= 0.3 is 11.9 Å². The Kier molecular flexibility index (Phi) is 3.71. The third-order valence-electron chi connectivity index (χ3n) is 7.90. The Bertz CT molecular complexity index is 748. The number of ether oxygens (including phenoxy) is 2. The molecule has 0 radical (unpaired) electrons. The number of carbonyl (C=O) groups excluding carboxylic acids is 2. The molecule has 1 saturated heterocycles. The molecular formula is C19H26O8. The average Bonchev–Trinajstić information content (AvgIpc) is 3.05. The maximum atomic E-state index is 12.3. The highest BCUT2D eigenvalue weighted by atomic mass is 16.6. The topological polar surface area (TPSA) is 134 Å². The predicted molar refractivity (Wildman–Crippen MR) is 90.0 cm³/mol. The third-order valence-corrected chi connectivity index (χ3v) is 7.90. The number of hydrogen-bond acceptors (Lipinski definition) is 8.